The first-order chi connectivity index (χ1) is 15.6. The topological polar surface area (TPSA) is 119 Å². The highest BCUT2D eigenvalue weighted by molar-refractivity contribution is 5.94. The Morgan fingerprint density at radius 3 is 2.62 bits per heavy atom. The molecule has 8 heteroatoms. The monoisotopic (exact) mass is 428 g/mol. The SMILES string of the molecule is N#Cc1cncc([C@H](c2ccccc2)N2CCN(C(=O)c3cncc(N)c3)C[C@H]2CO)c1. The first-order valence-electron chi connectivity index (χ1n) is 10.4. The third-order valence-corrected chi connectivity index (χ3v) is 5.68. The summed E-state index contributed by atoms with van der Waals surface area (Å²) in [7, 11) is 0. The van der Waals surface area contributed by atoms with Crippen molar-refractivity contribution in [2.45, 2.75) is 12.1 Å². The Hall–Kier alpha value is -3.80. The molecule has 4 rings (SSSR count). The second-order valence-corrected chi connectivity index (χ2v) is 7.76. The maximum atomic E-state index is 13.0. The smallest absolute Gasteiger partial charge is 0.255 e. The van der Waals surface area contributed by atoms with Crippen molar-refractivity contribution in [3.8, 4) is 6.07 Å². The summed E-state index contributed by atoms with van der Waals surface area (Å²) in [6.45, 7) is 1.27. The molecule has 162 valence electrons. The van der Waals surface area contributed by atoms with Crippen molar-refractivity contribution < 1.29 is 9.90 Å². The van der Waals surface area contributed by atoms with E-state index >= 15 is 0 Å². The van der Waals surface area contributed by atoms with Gasteiger partial charge >= 0.3 is 0 Å². The van der Waals surface area contributed by atoms with E-state index < -0.39 is 0 Å². The average Bonchev–Trinajstić information content (AvgIpc) is 2.84. The summed E-state index contributed by atoms with van der Waals surface area (Å²) in [5.41, 5.74) is 9.03. The van der Waals surface area contributed by atoms with Crippen LogP contribution in [0.4, 0.5) is 5.69 Å². The number of nitrogen functional groups attached to an aromatic ring is 1. The van der Waals surface area contributed by atoms with Crippen molar-refractivity contribution in [3.63, 3.8) is 0 Å². The van der Waals surface area contributed by atoms with Crippen LogP contribution in [0.15, 0.2) is 67.3 Å². The Bertz CT molecular complexity index is 1130. The summed E-state index contributed by atoms with van der Waals surface area (Å²) < 4.78 is 0. The van der Waals surface area contributed by atoms with Gasteiger partial charge in [-0.15, -0.1) is 0 Å². The molecule has 3 N–H and O–H groups in total. The summed E-state index contributed by atoms with van der Waals surface area (Å²) in [5, 5.41) is 19.6. The first kappa shape index (κ1) is 21.4. The molecule has 1 aliphatic rings. The van der Waals surface area contributed by atoms with Crippen LogP contribution in [0.3, 0.4) is 0 Å². The highest BCUT2D eigenvalue weighted by atomic mass is 16.3. The van der Waals surface area contributed by atoms with Gasteiger partial charge in [0.25, 0.3) is 5.91 Å². The van der Waals surface area contributed by atoms with E-state index in [1.54, 1.807) is 17.2 Å². The Morgan fingerprint density at radius 2 is 1.91 bits per heavy atom. The molecule has 1 saturated heterocycles. The number of hydrogen-bond acceptors (Lipinski definition) is 7. The highest BCUT2D eigenvalue weighted by Gasteiger charge is 2.35. The Kier molecular flexibility index (Phi) is 6.40. The van der Waals surface area contributed by atoms with Crippen molar-refractivity contribution in [3.05, 3.63) is 89.5 Å². The predicted molar refractivity (Wildman–Crippen MR) is 119 cm³/mol. The lowest BCUT2D eigenvalue weighted by Crippen LogP contribution is -2.57. The van der Waals surface area contributed by atoms with E-state index in [-0.39, 0.29) is 24.6 Å². The number of anilines is 1. The number of benzene rings is 1. The van der Waals surface area contributed by atoms with Gasteiger partial charge in [-0.25, -0.2) is 0 Å². The number of hydrogen-bond donors (Lipinski definition) is 2. The Morgan fingerprint density at radius 1 is 1.12 bits per heavy atom. The van der Waals surface area contributed by atoms with E-state index in [0.717, 1.165) is 11.1 Å². The number of nitrogens with two attached hydrogens (primary N) is 1. The fraction of sp³-hybridized carbons (Fsp3) is 0.250. The molecule has 1 aliphatic heterocycles. The van der Waals surface area contributed by atoms with Crippen LogP contribution in [0.1, 0.15) is 33.1 Å². The number of amides is 1. The van der Waals surface area contributed by atoms with E-state index in [2.05, 4.69) is 20.9 Å². The summed E-state index contributed by atoms with van der Waals surface area (Å²) >= 11 is 0. The molecule has 3 aromatic rings. The van der Waals surface area contributed by atoms with Gasteiger partial charge in [-0.1, -0.05) is 30.3 Å². The number of carbonyl (C=O) groups is 1. The van der Waals surface area contributed by atoms with Gasteiger partial charge in [0, 0.05) is 44.4 Å². The van der Waals surface area contributed by atoms with Gasteiger partial charge in [0.15, 0.2) is 0 Å². The highest BCUT2D eigenvalue weighted by Crippen LogP contribution is 2.32. The van der Waals surface area contributed by atoms with E-state index in [1.807, 2.05) is 36.4 Å². The van der Waals surface area contributed by atoms with Crippen LogP contribution in [0, 0.1) is 11.3 Å². The predicted octanol–water partition coefficient (Wildman–Crippen LogP) is 1.84. The number of pyridine rings is 2. The number of piperazine rings is 1. The number of carbonyl (C=O) groups excluding carboxylic acids is 1. The summed E-state index contributed by atoms with van der Waals surface area (Å²) in [4.78, 5) is 25.2. The minimum Gasteiger partial charge on any atom is -0.397 e. The van der Waals surface area contributed by atoms with E-state index in [9.17, 15) is 15.2 Å². The molecule has 0 bridgehead atoms. The molecule has 2 aromatic heterocycles. The van der Waals surface area contributed by atoms with Gasteiger partial charge < -0.3 is 15.7 Å². The van der Waals surface area contributed by atoms with Gasteiger partial charge in [0.1, 0.15) is 6.07 Å². The van der Waals surface area contributed by atoms with Crippen LogP contribution in [-0.2, 0) is 0 Å². The zero-order valence-corrected chi connectivity index (χ0v) is 17.5. The molecule has 3 heterocycles. The van der Waals surface area contributed by atoms with Crippen molar-refractivity contribution in [1.82, 2.24) is 19.8 Å². The molecule has 1 aromatic carbocycles. The number of nitrogens with zero attached hydrogens (tertiary/aromatic N) is 5. The lowest BCUT2D eigenvalue weighted by atomic mass is 9.94. The molecule has 0 aliphatic carbocycles. The van der Waals surface area contributed by atoms with E-state index in [4.69, 9.17) is 5.73 Å². The summed E-state index contributed by atoms with van der Waals surface area (Å²) in [5.74, 6) is -0.160. The number of aromatic nitrogens is 2. The zero-order valence-electron chi connectivity index (χ0n) is 17.5. The van der Waals surface area contributed by atoms with Gasteiger partial charge in [-0.3, -0.25) is 19.7 Å². The van der Waals surface area contributed by atoms with E-state index in [1.165, 1.54) is 18.6 Å². The third-order valence-electron chi connectivity index (χ3n) is 5.68. The van der Waals surface area contributed by atoms with Gasteiger partial charge in [0.2, 0.25) is 0 Å². The fourth-order valence-corrected chi connectivity index (χ4v) is 4.19. The molecule has 0 spiro atoms. The summed E-state index contributed by atoms with van der Waals surface area (Å²) in [6.07, 6.45) is 6.29. The fourth-order valence-electron chi connectivity index (χ4n) is 4.19. The minimum atomic E-state index is -0.294. The van der Waals surface area contributed by atoms with Crippen LogP contribution in [0.25, 0.3) is 0 Å². The first-order valence-corrected chi connectivity index (χ1v) is 10.4. The quantitative estimate of drug-likeness (QED) is 0.636. The molecule has 0 unspecified atom stereocenters. The van der Waals surface area contributed by atoms with Crippen molar-refractivity contribution in [1.29, 1.82) is 5.26 Å². The number of aliphatic hydroxyl groups excluding tert-OH is 1. The molecule has 32 heavy (non-hydrogen) atoms. The van der Waals surface area contributed by atoms with Crippen LogP contribution in [0.5, 0.6) is 0 Å². The van der Waals surface area contributed by atoms with Gasteiger partial charge in [-0.2, -0.15) is 5.26 Å². The van der Waals surface area contributed by atoms with Crippen LogP contribution < -0.4 is 5.73 Å². The van der Waals surface area contributed by atoms with Crippen molar-refractivity contribution in [2.24, 2.45) is 0 Å². The van der Waals surface area contributed by atoms with Crippen molar-refractivity contribution in [2.75, 3.05) is 32.0 Å². The molecular formula is C24H24N6O2. The lowest BCUT2D eigenvalue weighted by molar-refractivity contribution is 0.0195. The van der Waals surface area contributed by atoms with Gasteiger partial charge in [0.05, 0.1) is 35.5 Å². The third kappa shape index (κ3) is 4.44. The molecule has 2 atom stereocenters. The molecule has 1 fully saturated rings. The number of nitriles is 1. The maximum Gasteiger partial charge on any atom is 0.255 e. The van der Waals surface area contributed by atoms with Crippen molar-refractivity contribution >= 4 is 11.6 Å². The van der Waals surface area contributed by atoms with Crippen LogP contribution in [0.2, 0.25) is 0 Å². The van der Waals surface area contributed by atoms with Crippen LogP contribution >= 0.6 is 0 Å². The summed E-state index contributed by atoms with van der Waals surface area (Å²) in [6, 6.07) is 15.0. The second kappa shape index (κ2) is 9.56. The number of rotatable bonds is 5. The lowest BCUT2D eigenvalue weighted by Gasteiger charge is -2.45. The molecule has 1 amide bonds. The molecule has 8 nitrogen and oxygen atoms in total. The maximum absolute atomic E-state index is 13.0. The molecule has 0 radical (unpaired) electrons. The van der Waals surface area contributed by atoms with Gasteiger partial charge in [-0.05, 0) is 23.3 Å². The number of aliphatic hydroxyl groups is 1. The standard InChI is InChI=1S/C24H24N6O2/c25-10-17-8-19(12-27-11-17)23(18-4-2-1-3-5-18)30-7-6-29(15-22(30)16-31)24(32)20-9-21(26)14-28-13-20/h1-5,8-9,11-14,22-23,31H,6-7,15-16,26H2/t22-,23-/m0/s1. The second-order valence-electron chi connectivity index (χ2n) is 7.76. The average molecular weight is 428 g/mol. The molecule has 0 saturated carbocycles. The van der Waals surface area contributed by atoms with Crippen LogP contribution in [-0.4, -0.2) is 63.1 Å². The normalized spacial score (nSPS) is 17.5. The Balaban J connectivity index is 1.64. The van der Waals surface area contributed by atoms with E-state index in [0.29, 0.717) is 36.4 Å². The minimum absolute atomic E-state index is 0.117. The Labute approximate surface area is 186 Å². The zero-order chi connectivity index (χ0) is 22.5. The molecular weight excluding hydrogens is 404 g/mol. The largest absolute Gasteiger partial charge is 0.397 e.